The first kappa shape index (κ1) is 12.3. The molecule has 94 valence electrons. The molecule has 2 fully saturated rings. The maximum absolute atomic E-state index is 9.78. The number of nitrogens with zero attached hydrogens (tertiary/aromatic N) is 1. The minimum atomic E-state index is -0.146. The Morgan fingerprint density at radius 3 is 2.38 bits per heavy atom. The van der Waals surface area contributed by atoms with E-state index >= 15 is 0 Å². The minimum Gasteiger partial charge on any atom is -0.392 e. The van der Waals surface area contributed by atoms with Crippen LogP contribution in [-0.2, 0) is 0 Å². The summed E-state index contributed by atoms with van der Waals surface area (Å²) < 4.78 is 0. The second kappa shape index (κ2) is 5.48. The molecule has 2 aliphatic heterocycles. The van der Waals surface area contributed by atoms with Crippen LogP contribution < -0.4 is 5.32 Å². The number of fused-ring (bicyclic) bond motifs is 2. The SMILES string of the molecule is CCC(O)CN(CC)C1CC2CCC(C1)N2. The fourth-order valence-electron chi connectivity index (χ4n) is 3.26. The Kier molecular flexibility index (Phi) is 4.22. The van der Waals surface area contributed by atoms with E-state index in [1.54, 1.807) is 0 Å². The van der Waals surface area contributed by atoms with Gasteiger partial charge in [-0.1, -0.05) is 13.8 Å². The van der Waals surface area contributed by atoms with Gasteiger partial charge in [-0.05, 0) is 38.6 Å². The smallest absolute Gasteiger partial charge is 0.0664 e. The molecular weight excluding hydrogens is 200 g/mol. The molecule has 0 aromatic heterocycles. The lowest BCUT2D eigenvalue weighted by molar-refractivity contribution is 0.0696. The lowest BCUT2D eigenvalue weighted by atomic mass is 9.97. The fraction of sp³-hybridized carbons (Fsp3) is 1.00. The van der Waals surface area contributed by atoms with Gasteiger partial charge in [0.25, 0.3) is 0 Å². The topological polar surface area (TPSA) is 35.5 Å². The molecule has 0 amide bonds. The molecule has 2 aliphatic rings. The van der Waals surface area contributed by atoms with E-state index in [2.05, 4.69) is 24.1 Å². The summed E-state index contributed by atoms with van der Waals surface area (Å²) in [6, 6.07) is 2.19. The van der Waals surface area contributed by atoms with Crippen LogP contribution >= 0.6 is 0 Å². The van der Waals surface area contributed by atoms with Crippen molar-refractivity contribution in [2.45, 2.75) is 70.2 Å². The predicted molar refractivity (Wildman–Crippen MR) is 66.5 cm³/mol. The van der Waals surface area contributed by atoms with Gasteiger partial charge in [-0.15, -0.1) is 0 Å². The normalized spacial score (nSPS) is 35.6. The Hall–Kier alpha value is -0.120. The Labute approximate surface area is 99.2 Å². The number of hydrogen-bond acceptors (Lipinski definition) is 3. The molecule has 0 aromatic carbocycles. The van der Waals surface area contributed by atoms with Crippen LogP contribution in [0.1, 0.15) is 46.0 Å². The first-order chi connectivity index (χ1) is 7.72. The number of hydrogen-bond donors (Lipinski definition) is 2. The molecule has 2 N–H and O–H groups in total. The Bertz CT molecular complexity index is 210. The molecule has 0 spiro atoms. The zero-order valence-electron chi connectivity index (χ0n) is 10.7. The van der Waals surface area contributed by atoms with Crippen LogP contribution in [0.15, 0.2) is 0 Å². The van der Waals surface area contributed by atoms with Crippen LogP contribution in [0, 0.1) is 0 Å². The van der Waals surface area contributed by atoms with Crippen LogP contribution in [0.2, 0.25) is 0 Å². The summed E-state index contributed by atoms with van der Waals surface area (Å²) in [6.45, 7) is 6.20. The quantitative estimate of drug-likeness (QED) is 0.743. The molecule has 3 unspecified atom stereocenters. The van der Waals surface area contributed by atoms with E-state index in [1.807, 2.05) is 0 Å². The van der Waals surface area contributed by atoms with E-state index < -0.39 is 0 Å². The summed E-state index contributed by atoms with van der Waals surface area (Å²) in [7, 11) is 0. The largest absolute Gasteiger partial charge is 0.392 e. The summed E-state index contributed by atoms with van der Waals surface area (Å²) >= 11 is 0. The summed E-state index contributed by atoms with van der Waals surface area (Å²) in [5.41, 5.74) is 0. The van der Waals surface area contributed by atoms with Gasteiger partial charge in [-0.25, -0.2) is 0 Å². The van der Waals surface area contributed by atoms with Crippen LogP contribution in [-0.4, -0.2) is 47.3 Å². The average Bonchev–Trinajstić information content (AvgIpc) is 2.64. The van der Waals surface area contributed by atoms with Crippen molar-refractivity contribution < 1.29 is 5.11 Å². The van der Waals surface area contributed by atoms with Crippen molar-refractivity contribution in [3.8, 4) is 0 Å². The highest BCUT2D eigenvalue weighted by atomic mass is 16.3. The Balaban J connectivity index is 1.88. The Morgan fingerprint density at radius 1 is 1.25 bits per heavy atom. The van der Waals surface area contributed by atoms with E-state index in [4.69, 9.17) is 0 Å². The summed E-state index contributed by atoms with van der Waals surface area (Å²) in [6.07, 6.45) is 5.99. The van der Waals surface area contributed by atoms with Gasteiger partial charge in [0.1, 0.15) is 0 Å². The standard InChI is InChI=1S/C13H26N2O/c1-3-13(16)9-15(4-2)12-7-10-5-6-11(8-12)14-10/h10-14,16H,3-9H2,1-2H3. The molecule has 3 heteroatoms. The van der Waals surface area contributed by atoms with Crippen molar-refractivity contribution >= 4 is 0 Å². The number of nitrogens with one attached hydrogen (secondary N) is 1. The first-order valence-corrected chi connectivity index (χ1v) is 6.91. The average molecular weight is 226 g/mol. The lowest BCUT2D eigenvalue weighted by Gasteiger charge is -2.38. The maximum atomic E-state index is 9.78. The number of likely N-dealkylation sites (N-methyl/N-ethyl adjacent to an activating group) is 1. The molecule has 3 nitrogen and oxygen atoms in total. The molecule has 3 atom stereocenters. The number of piperidine rings is 1. The third kappa shape index (κ3) is 2.76. The van der Waals surface area contributed by atoms with Crippen molar-refractivity contribution in [2.75, 3.05) is 13.1 Å². The van der Waals surface area contributed by atoms with Crippen molar-refractivity contribution in [2.24, 2.45) is 0 Å². The van der Waals surface area contributed by atoms with Crippen LogP contribution in [0.5, 0.6) is 0 Å². The van der Waals surface area contributed by atoms with Crippen molar-refractivity contribution in [3.05, 3.63) is 0 Å². The van der Waals surface area contributed by atoms with Crippen LogP contribution in [0.4, 0.5) is 0 Å². The summed E-state index contributed by atoms with van der Waals surface area (Å²) in [4.78, 5) is 2.49. The zero-order valence-corrected chi connectivity index (χ0v) is 10.7. The molecule has 2 heterocycles. The van der Waals surface area contributed by atoms with Crippen LogP contribution in [0.25, 0.3) is 0 Å². The molecule has 0 aromatic rings. The number of aliphatic hydroxyl groups is 1. The van der Waals surface area contributed by atoms with Crippen molar-refractivity contribution in [1.82, 2.24) is 10.2 Å². The first-order valence-electron chi connectivity index (χ1n) is 6.91. The van der Waals surface area contributed by atoms with E-state index in [0.29, 0.717) is 6.04 Å². The highest BCUT2D eigenvalue weighted by Crippen LogP contribution is 2.29. The summed E-state index contributed by atoms with van der Waals surface area (Å²) in [5, 5.41) is 13.5. The molecule has 0 aliphatic carbocycles. The summed E-state index contributed by atoms with van der Waals surface area (Å²) in [5.74, 6) is 0. The molecule has 0 saturated carbocycles. The number of aliphatic hydroxyl groups excluding tert-OH is 1. The van der Waals surface area contributed by atoms with Crippen molar-refractivity contribution in [3.63, 3.8) is 0 Å². The Morgan fingerprint density at radius 2 is 1.88 bits per heavy atom. The lowest BCUT2D eigenvalue weighted by Crippen LogP contribution is -2.49. The molecule has 2 rings (SSSR count). The highest BCUT2D eigenvalue weighted by Gasteiger charge is 2.35. The van der Waals surface area contributed by atoms with Gasteiger partial charge in [0.05, 0.1) is 6.10 Å². The highest BCUT2D eigenvalue weighted by molar-refractivity contribution is 4.95. The molecule has 0 radical (unpaired) electrons. The molecule has 16 heavy (non-hydrogen) atoms. The van der Waals surface area contributed by atoms with Gasteiger partial charge in [-0.2, -0.15) is 0 Å². The predicted octanol–water partition coefficient (Wildman–Crippen LogP) is 1.36. The second-order valence-corrected chi connectivity index (χ2v) is 5.41. The number of rotatable bonds is 5. The molecule has 2 bridgehead atoms. The second-order valence-electron chi connectivity index (χ2n) is 5.41. The van der Waals surface area contributed by atoms with E-state index in [1.165, 1.54) is 25.7 Å². The van der Waals surface area contributed by atoms with Crippen LogP contribution in [0.3, 0.4) is 0 Å². The maximum Gasteiger partial charge on any atom is 0.0664 e. The van der Waals surface area contributed by atoms with Gasteiger partial charge in [0, 0.05) is 24.7 Å². The molecular formula is C13H26N2O. The van der Waals surface area contributed by atoms with Gasteiger partial charge in [0.2, 0.25) is 0 Å². The monoisotopic (exact) mass is 226 g/mol. The van der Waals surface area contributed by atoms with Gasteiger partial charge < -0.3 is 10.4 Å². The minimum absolute atomic E-state index is 0.146. The third-order valence-corrected chi connectivity index (χ3v) is 4.29. The molecule has 2 saturated heterocycles. The zero-order chi connectivity index (χ0) is 11.5. The van der Waals surface area contributed by atoms with Gasteiger partial charge >= 0.3 is 0 Å². The van der Waals surface area contributed by atoms with E-state index in [-0.39, 0.29) is 6.10 Å². The third-order valence-electron chi connectivity index (χ3n) is 4.29. The fourth-order valence-corrected chi connectivity index (χ4v) is 3.26. The van der Waals surface area contributed by atoms with Gasteiger partial charge in [-0.3, -0.25) is 4.90 Å². The van der Waals surface area contributed by atoms with E-state index in [9.17, 15) is 5.11 Å². The van der Waals surface area contributed by atoms with Crippen molar-refractivity contribution in [1.29, 1.82) is 0 Å². The van der Waals surface area contributed by atoms with Gasteiger partial charge in [0.15, 0.2) is 0 Å². The van der Waals surface area contributed by atoms with E-state index in [0.717, 1.165) is 31.6 Å².